The second kappa shape index (κ2) is 4.30. The van der Waals surface area contributed by atoms with Crippen molar-refractivity contribution >= 4 is 11.7 Å². The molecule has 0 saturated carbocycles. The molecule has 0 bridgehead atoms. The molecule has 1 aromatic rings. The SMILES string of the molecule is COC(=O)/C=C(/N)c1ccccc1. The van der Waals surface area contributed by atoms with Crippen molar-refractivity contribution in [3.8, 4) is 0 Å². The quantitative estimate of drug-likeness (QED) is 0.544. The van der Waals surface area contributed by atoms with Crippen LogP contribution in [0.5, 0.6) is 0 Å². The molecule has 0 aliphatic rings. The predicted octanol–water partition coefficient (Wildman–Crippen LogP) is 1.16. The lowest BCUT2D eigenvalue weighted by molar-refractivity contribution is -0.134. The average Bonchev–Trinajstić information content (AvgIpc) is 2.19. The minimum atomic E-state index is -0.443. The van der Waals surface area contributed by atoms with Gasteiger partial charge in [0.05, 0.1) is 7.11 Å². The van der Waals surface area contributed by atoms with Crippen LogP contribution in [0.4, 0.5) is 0 Å². The zero-order chi connectivity index (χ0) is 9.68. The molecule has 0 amide bonds. The van der Waals surface area contributed by atoms with Crippen LogP contribution in [-0.2, 0) is 9.53 Å². The van der Waals surface area contributed by atoms with Gasteiger partial charge in [0.25, 0.3) is 0 Å². The van der Waals surface area contributed by atoms with Gasteiger partial charge in [-0.1, -0.05) is 30.3 Å². The number of methoxy groups -OCH3 is 1. The van der Waals surface area contributed by atoms with Gasteiger partial charge in [0.15, 0.2) is 0 Å². The molecule has 0 aromatic heterocycles. The van der Waals surface area contributed by atoms with Crippen LogP contribution in [0.25, 0.3) is 5.70 Å². The zero-order valence-electron chi connectivity index (χ0n) is 7.36. The molecule has 3 heteroatoms. The van der Waals surface area contributed by atoms with E-state index in [0.717, 1.165) is 5.56 Å². The van der Waals surface area contributed by atoms with E-state index in [1.807, 2.05) is 30.3 Å². The summed E-state index contributed by atoms with van der Waals surface area (Å²) in [5.74, 6) is -0.443. The number of carbonyl (C=O) groups is 1. The van der Waals surface area contributed by atoms with Crippen molar-refractivity contribution in [3.05, 3.63) is 42.0 Å². The van der Waals surface area contributed by atoms with Crippen molar-refractivity contribution in [1.82, 2.24) is 0 Å². The number of benzene rings is 1. The summed E-state index contributed by atoms with van der Waals surface area (Å²) < 4.78 is 4.45. The molecular formula is C10H11NO2. The van der Waals surface area contributed by atoms with Gasteiger partial charge in [-0.15, -0.1) is 0 Å². The first-order chi connectivity index (χ1) is 6.24. The fraction of sp³-hybridized carbons (Fsp3) is 0.100. The maximum atomic E-state index is 10.8. The standard InChI is InChI=1S/C10H11NO2/c1-13-10(12)7-9(11)8-5-3-2-4-6-8/h2-7H,11H2,1H3/b9-7+. The predicted molar refractivity (Wildman–Crippen MR) is 50.6 cm³/mol. The molecule has 0 fully saturated rings. The van der Waals surface area contributed by atoms with Gasteiger partial charge in [0.2, 0.25) is 0 Å². The Balaban J connectivity index is 2.85. The van der Waals surface area contributed by atoms with E-state index < -0.39 is 5.97 Å². The van der Waals surface area contributed by atoms with Gasteiger partial charge < -0.3 is 10.5 Å². The van der Waals surface area contributed by atoms with E-state index >= 15 is 0 Å². The van der Waals surface area contributed by atoms with Crippen molar-refractivity contribution in [3.63, 3.8) is 0 Å². The summed E-state index contributed by atoms with van der Waals surface area (Å²) in [6, 6.07) is 9.25. The van der Waals surface area contributed by atoms with Gasteiger partial charge in [-0.2, -0.15) is 0 Å². The largest absolute Gasteiger partial charge is 0.466 e. The van der Waals surface area contributed by atoms with Gasteiger partial charge in [0, 0.05) is 11.8 Å². The molecule has 68 valence electrons. The highest BCUT2D eigenvalue weighted by Gasteiger charge is 1.98. The van der Waals surface area contributed by atoms with Crippen LogP contribution in [0.1, 0.15) is 5.56 Å². The van der Waals surface area contributed by atoms with Crippen LogP contribution in [0.3, 0.4) is 0 Å². The highest BCUT2D eigenvalue weighted by Crippen LogP contribution is 2.07. The van der Waals surface area contributed by atoms with Crippen molar-refractivity contribution in [1.29, 1.82) is 0 Å². The highest BCUT2D eigenvalue weighted by atomic mass is 16.5. The van der Waals surface area contributed by atoms with Crippen molar-refractivity contribution in [2.45, 2.75) is 0 Å². The molecule has 0 radical (unpaired) electrons. The van der Waals surface area contributed by atoms with Gasteiger partial charge in [-0.05, 0) is 5.56 Å². The molecule has 13 heavy (non-hydrogen) atoms. The first-order valence-electron chi connectivity index (χ1n) is 3.84. The van der Waals surface area contributed by atoms with E-state index in [4.69, 9.17) is 5.73 Å². The van der Waals surface area contributed by atoms with Gasteiger partial charge in [0.1, 0.15) is 0 Å². The third-order valence-electron chi connectivity index (χ3n) is 1.58. The molecule has 1 aromatic carbocycles. The van der Waals surface area contributed by atoms with E-state index in [2.05, 4.69) is 4.74 Å². The Hall–Kier alpha value is -1.77. The lowest BCUT2D eigenvalue weighted by Crippen LogP contribution is -2.02. The number of ether oxygens (including phenoxy) is 1. The summed E-state index contributed by atoms with van der Waals surface area (Å²) in [7, 11) is 1.32. The van der Waals surface area contributed by atoms with E-state index in [1.165, 1.54) is 13.2 Å². The zero-order valence-corrected chi connectivity index (χ0v) is 7.36. The average molecular weight is 177 g/mol. The molecule has 1 rings (SSSR count). The van der Waals surface area contributed by atoms with E-state index in [1.54, 1.807) is 0 Å². The van der Waals surface area contributed by atoms with Gasteiger partial charge in [-0.25, -0.2) is 4.79 Å². The second-order valence-electron chi connectivity index (χ2n) is 2.49. The highest BCUT2D eigenvalue weighted by molar-refractivity contribution is 5.90. The lowest BCUT2D eigenvalue weighted by atomic mass is 10.1. The minimum absolute atomic E-state index is 0.410. The first-order valence-corrected chi connectivity index (χ1v) is 3.84. The molecule has 0 aliphatic heterocycles. The Morgan fingerprint density at radius 1 is 1.38 bits per heavy atom. The smallest absolute Gasteiger partial charge is 0.332 e. The molecule has 0 atom stereocenters. The van der Waals surface area contributed by atoms with Crippen LogP contribution in [0, 0.1) is 0 Å². The Morgan fingerprint density at radius 3 is 2.54 bits per heavy atom. The third kappa shape index (κ3) is 2.63. The summed E-state index contributed by atoms with van der Waals surface area (Å²) in [6.45, 7) is 0. The Morgan fingerprint density at radius 2 is 2.00 bits per heavy atom. The minimum Gasteiger partial charge on any atom is -0.466 e. The number of rotatable bonds is 2. The van der Waals surface area contributed by atoms with Gasteiger partial charge in [-0.3, -0.25) is 0 Å². The fourth-order valence-corrected chi connectivity index (χ4v) is 0.900. The van der Waals surface area contributed by atoms with Crippen LogP contribution >= 0.6 is 0 Å². The lowest BCUT2D eigenvalue weighted by Gasteiger charge is -1.99. The molecule has 0 saturated heterocycles. The van der Waals surface area contributed by atoms with Crippen LogP contribution in [0.2, 0.25) is 0 Å². The van der Waals surface area contributed by atoms with Crippen LogP contribution < -0.4 is 5.73 Å². The molecule has 0 aliphatic carbocycles. The summed E-state index contributed by atoms with van der Waals surface area (Å²) >= 11 is 0. The van der Waals surface area contributed by atoms with E-state index in [9.17, 15) is 4.79 Å². The molecule has 0 heterocycles. The number of hydrogen-bond donors (Lipinski definition) is 1. The maximum Gasteiger partial charge on any atom is 0.332 e. The van der Waals surface area contributed by atoms with Gasteiger partial charge >= 0.3 is 5.97 Å². The van der Waals surface area contributed by atoms with Crippen molar-refractivity contribution < 1.29 is 9.53 Å². The maximum absolute atomic E-state index is 10.8. The second-order valence-corrected chi connectivity index (χ2v) is 2.49. The Labute approximate surface area is 76.8 Å². The number of nitrogens with two attached hydrogens (primary N) is 1. The Bertz CT molecular complexity index is 317. The number of hydrogen-bond acceptors (Lipinski definition) is 3. The van der Waals surface area contributed by atoms with Crippen molar-refractivity contribution in [2.24, 2.45) is 5.73 Å². The van der Waals surface area contributed by atoms with E-state index in [0.29, 0.717) is 5.70 Å². The molecule has 0 spiro atoms. The topological polar surface area (TPSA) is 52.3 Å². The fourth-order valence-electron chi connectivity index (χ4n) is 0.900. The summed E-state index contributed by atoms with van der Waals surface area (Å²) in [6.07, 6.45) is 1.26. The first kappa shape index (κ1) is 9.32. The molecule has 3 nitrogen and oxygen atoms in total. The molecule has 0 unspecified atom stereocenters. The van der Waals surface area contributed by atoms with Crippen molar-refractivity contribution in [2.75, 3.05) is 7.11 Å². The number of carbonyl (C=O) groups excluding carboxylic acids is 1. The Kier molecular flexibility index (Phi) is 3.09. The third-order valence-corrected chi connectivity index (χ3v) is 1.58. The molecule has 2 N–H and O–H groups in total. The number of esters is 1. The van der Waals surface area contributed by atoms with Crippen LogP contribution in [0.15, 0.2) is 36.4 Å². The molecular weight excluding hydrogens is 166 g/mol. The van der Waals surface area contributed by atoms with Crippen LogP contribution in [-0.4, -0.2) is 13.1 Å². The summed E-state index contributed by atoms with van der Waals surface area (Å²) in [4.78, 5) is 10.8. The normalized spacial score (nSPS) is 11.0. The monoisotopic (exact) mass is 177 g/mol. The summed E-state index contributed by atoms with van der Waals surface area (Å²) in [5, 5.41) is 0. The summed E-state index contributed by atoms with van der Waals surface area (Å²) in [5.41, 5.74) is 6.85. The van der Waals surface area contributed by atoms with E-state index in [-0.39, 0.29) is 0 Å².